The van der Waals surface area contributed by atoms with Crippen molar-refractivity contribution < 1.29 is 4.74 Å². The van der Waals surface area contributed by atoms with Crippen molar-refractivity contribution in [3.05, 3.63) is 30.1 Å². The van der Waals surface area contributed by atoms with Crippen molar-refractivity contribution in [1.82, 2.24) is 4.98 Å². The summed E-state index contributed by atoms with van der Waals surface area (Å²) in [5.74, 6) is 0. The second-order valence-electron chi connectivity index (χ2n) is 3.61. The van der Waals surface area contributed by atoms with Crippen LogP contribution in [0.25, 0.3) is 0 Å². The third kappa shape index (κ3) is 6.48. The first-order chi connectivity index (χ1) is 7.79. The molecular weight excluding hydrogens is 220 g/mol. The fourth-order valence-electron chi connectivity index (χ4n) is 1.33. The maximum Gasteiger partial charge on any atom is 0.0727 e. The third-order valence-electron chi connectivity index (χ3n) is 2.19. The van der Waals surface area contributed by atoms with Gasteiger partial charge < -0.3 is 10.5 Å². The average molecular weight is 238 g/mol. The Morgan fingerprint density at radius 3 is 2.88 bits per heavy atom. The highest BCUT2D eigenvalue weighted by Gasteiger charge is 1.94. The molecule has 0 amide bonds. The van der Waals surface area contributed by atoms with Crippen LogP contribution in [0.4, 0.5) is 0 Å². The number of ether oxygens (including phenoxy) is 1. The molecule has 2 N–H and O–H groups in total. The minimum Gasteiger partial charge on any atom is -0.393 e. The number of pyridine rings is 1. The van der Waals surface area contributed by atoms with Gasteiger partial charge in [0.1, 0.15) is 0 Å². The highest BCUT2D eigenvalue weighted by atomic mass is 32.1. The molecule has 0 aliphatic heterocycles. The number of nitrogens with zero attached hydrogens (tertiary/aromatic N) is 1. The Kier molecular flexibility index (Phi) is 6.69. The van der Waals surface area contributed by atoms with Gasteiger partial charge in [-0.25, -0.2) is 0 Å². The van der Waals surface area contributed by atoms with E-state index < -0.39 is 0 Å². The molecule has 1 aromatic rings. The quantitative estimate of drug-likeness (QED) is 0.556. The largest absolute Gasteiger partial charge is 0.393 e. The van der Waals surface area contributed by atoms with E-state index in [1.54, 1.807) is 6.20 Å². The van der Waals surface area contributed by atoms with Crippen LogP contribution in [-0.2, 0) is 11.2 Å². The van der Waals surface area contributed by atoms with Gasteiger partial charge in [-0.1, -0.05) is 18.3 Å². The molecule has 0 bridgehead atoms. The predicted octanol–water partition coefficient (Wildman–Crippen LogP) is 2.10. The zero-order valence-corrected chi connectivity index (χ0v) is 10.2. The maximum atomic E-state index is 5.50. The Bertz CT molecular complexity index is 303. The van der Waals surface area contributed by atoms with Crippen LogP contribution in [0.5, 0.6) is 0 Å². The summed E-state index contributed by atoms with van der Waals surface area (Å²) in [6.07, 6.45) is 5.52. The first kappa shape index (κ1) is 13.1. The van der Waals surface area contributed by atoms with Gasteiger partial charge in [0, 0.05) is 24.9 Å². The average Bonchev–Trinajstić information content (AvgIpc) is 2.29. The lowest BCUT2D eigenvalue weighted by Gasteiger charge is -2.03. The minimum absolute atomic E-state index is 0.591. The summed E-state index contributed by atoms with van der Waals surface area (Å²) in [4.78, 5) is 4.81. The molecule has 0 spiro atoms. The normalized spacial score (nSPS) is 10.2. The number of aromatic nitrogens is 1. The Balaban J connectivity index is 1.94. The summed E-state index contributed by atoms with van der Waals surface area (Å²) in [6, 6.07) is 5.92. The van der Waals surface area contributed by atoms with E-state index >= 15 is 0 Å². The summed E-state index contributed by atoms with van der Waals surface area (Å²) in [5.41, 5.74) is 6.47. The lowest BCUT2D eigenvalue weighted by molar-refractivity contribution is 0.133. The molecule has 3 nitrogen and oxygen atoms in total. The highest BCUT2D eigenvalue weighted by molar-refractivity contribution is 7.80. The summed E-state index contributed by atoms with van der Waals surface area (Å²) < 4.78 is 5.50. The number of hydrogen-bond acceptors (Lipinski definition) is 3. The topological polar surface area (TPSA) is 48.1 Å². The molecular formula is C12H18N2OS. The summed E-state index contributed by atoms with van der Waals surface area (Å²) >= 11 is 4.79. The van der Waals surface area contributed by atoms with Gasteiger partial charge in [0.15, 0.2) is 0 Å². The Hall–Kier alpha value is -1.00. The Morgan fingerprint density at radius 1 is 1.31 bits per heavy atom. The first-order valence-electron chi connectivity index (χ1n) is 5.55. The number of nitrogens with two attached hydrogens (primary N) is 1. The Morgan fingerprint density at radius 2 is 2.19 bits per heavy atom. The Labute approximate surface area is 102 Å². The number of unbranched alkanes of at least 4 members (excludes halogenated alkanes) is 1. The van der Waals surface area contributed by atoms with Crippen LogP contribution in [0.2, 0.25) is 0 Å². The molecule has 0 aliphatic rings. The van der Waals surface area contributed by atoms with E-state index in [4.69, 9.17) is 22.7 Å². The summed E-state index contributed by atoms with van der Waals surface area (Å²) in [5, 5.41) is 0. The SMILES string of the molecule is NC(=S)CCCCOCCc1ccccn1. The molecule has 1 rings (SSSR count). The molecule has 0 aromatic carbocycles. The van der Waals surface area contributed by atoms with Gasteiger partial charge in [0.05, 0.1) is 11.6 Å². The van der Waals surface area contributed by atoms with Crippen LogP contribution >= 0.6 is 12.2 Å². The van der Waals surface area contributed by atoms with E-state index in [9.17, 15) is 0 Å². The number of hydrogen-bond donors (Lipinski definition) is 1. The van der Waals surface area contributed by atoms with E-state index in [1.165, 1.54) is 0 Å². The lowest BCUT2D eigenvalue weighted by atomic mass is 10.2. The second-order valence-corrected chi connectivity index (χ2v) is 4.13. The first-order valence-corrected chi connectivity index (χ1v) is 5.96. The summed E-state index contributed by atoms with van der Waals surface area (Å²) in [6.45, 7) is 1.50. The third-order valence-corrected chi connectivity index (χ3v) is 2.39. The molecule has 1 heterocycles. The smallest absolute Gasteiger partial charge is 0.0727 e. The molecule has 1 aromatic heterocycles. The van der Waals surface area contributed by atoms with Crippen LogP contribution in [0, 0.1) is 0 Å². The molecule has 0 fully saturated rings. The van der Waals surface area contributed by atoms with Crippen LogP contribution < -0.4 is 5.73 Å². The van der Waals surface area contributed by atoms with Crippen LogP contribution in [0.1, 0.15) is 25.0 Å². The fraction of sp³-hybridized carbons (Fsp3) is 0.500. The van der Waals surface area contributed by atoms with Crippen LogP contribution in [0.15, 0.2) is 24.4 Å². The number of thiocarbonyl (C=S) groups is 1. The zero-order valence-electron chi connectivity index (χ0n) is 9.39. The van der Waals surface area contributed by atoms with Crippen LogP contribution in [-0.4, -0.2) is 23.2 Å². The van der Waals surface area contributed by atoms with Crippen molar-refractivity contribution >= 4 is 17.2 Å². The molecule has 4 heteroatoms. The van der Waals surface area contributed by atoms with E-state index in [1.807, 2.05) is 18.2 Å². The molecule has 0 unspecified atom stereocenters. The van der Waals surface area contributed by atoms with Crippen molar-refractivity contribution in [3.8, 4) is 0 Å². The molecule has 0 saturated heterocycles. The van der Waals surface area contributed by atoms with E-state index in [0.29, 0.717) is 4.99 Å². The van der Waals surface area contributed by atoms with E-state index in [-0.39, 0.29) is 0 Å². The molecule has 0 atom stereocenters. The number of rotatable bonds is 8. The minimum atomic E-state index is 0.591. The van der Waals surface area contributed by atoms with Gasteiger partial charge in [-0.15, -0.1) is 0 Å². The van der Waals surface area contributed by atoms with Crippen molar-refractivity contribution in [2.24, 2.45) is 5.73 Å². The molecule has 0 aliphatic carbocycles. The van der Waals surface area contributed by atoms with Crippen molar-refractivity contribution in [2.45, 2.75) is 25.7 Å². The van der Waals surface area contributed by atoms with Crippen molar-refractivity contribution in [3.63, 3.8) is 0 Å². The van der Waals surface area contributed by atoms with Gasteiger partial charge in [0.2, 0.25) is 0 Å². The lowest BCUT2D eigenvalue weighted by Crippen LogP contribution is -2.08. The van der Waals surface area contributed by atoms with E-state index in [0.717, 1.165) is 44.6 Å². The monoisotopic (exact) mass is 238 g/mol. The van der Waals surface area contributed by atoms with Crippen molar-refractivity contribution in [1.29, 1.82) is 0 Å². The van der Waals surface area contributed by atoms with Gasteiger partial charge in [-0.05, 0) is 31.4 Å². The standard InChI is InChI=1S/C12H18N2OS/c13-12(16)6-2-4-9-15-10-7-11-5-1-3-8-14-11/h1,3,5,8H,2,4,6-7,9-10H2,(H2,13,16). The summed E-state index contributed by atoms with van der Waals surface area (Å²) in [7, 11) is 0. The predicted molar refractivity (Wildman–Crippen MR) is 69.4 cm³/mol. The highest BCUT2D eigenvalue weighted by Crippen LogP contribution is 1.98. The molecule has 0 saturated carbocycles. The van der Waals surface area contributed by atoms with Gasteiger partial charge in [-0.3, -0.25) is 4.98 Å². The zero-order chi connectivity index (χ0) is 11.6. The molecule has 88 valence electrons. The van der Waals surface area contributed by atoms with Gasteiger partial charge >= 0.3 is 0 Å². The van der Waals surface area contributed by atoms with Gasteiger partial charge in [-0.2, -0.15) is 0 Å². The van der Waals surface area contributed by atoms with Crippen molar-refractivity contribution in [2.75, 3.05) is 13.2 Å². The molecule has 0 radical (unpaired) electrons. The maximum absolute atomic E-state index is 5.50. The van der Waals surface area contributed by atoms with Gasteiger partial charge in [0.25, 0.3) is 0 Å². The fourth-order valence-corrected chi connectivity index (χ4v) is 1.47. The van der Waals surface area contributed by atoms with Crippen LogP contribution in [0.3, 0.4) is 0 Å². The van der Waals surface area contributed by atoms with E-state index in [2.05, 4.69) is 4.98 Å². The molecule has 16 heavy (non-hydrogen) atoms. The second kappa shape index (κ2) is 8.19.